The first-order chi connectivity index (χ1) is 22.5. The number of aliphatic hydroxyl groups excluding tert-OH is 1. The first-order valence-electron chi connectivity index (χ1n) is 14.9. The Labute approximate surface area is 268 Å². The van der Waals surface area contributed by atoms with Gasteiger partial charge < -0.3 is 43.4 Å². The standard InChI is InChI=1S/C36H38O10/c1-40-28-18-27(35(38)39)19-29(41-2)31(28)46-36-34(44-23-26-16-10-5-11-17-26)33(43-22-25-14-8-4-9-15-25)32(30(20-37)45-36)42-21-24-12-6-3-7-13-24/h3-19,30,32-34,36-37H,20-23H2,1-2H3,(H,38,39)/t30-,32-,33+,34-,36+/m1/s1. The van der Waals surface area contributed by atoms with Gasteiger partial charge in [-0.05, 0) is 28.8 Å². The maximum absolute atomic E-state index is 11.8. The van der Waals surface area contributed by atoms with Crippen molar-refractivity contribution in [3.05, 3.63) is 125 Å². The molecule has 5 rings (SSSR count). The molecule has 4 aromatic carbocycles. The van der Waals surface area contributed by atoms with E-state index in [0.29, 0.717) is 0 Å². The third kappa shape index (κ3) is 8.22. The number of benzene rings is 4. The summed E-state index contributed by atoms with van der Waals surface area (Å²) in [5.74, 6) is -0.816. The average Bonchev–Trinajstić information content (AvgIpc) is 3.10. The predicted octanol–water partition coefficient (Wildman–Crippen LogP) is 5.25. The van der Waals surface area contributed by atoms with Crippen molar-refractivity contribution in [1.29, 1.82) is 0 Å². The van der Waals surface area contributed by atoms with E-state index in [4.69, 9.17) is 33.2 Å². The van der Waals surface area contributed by atoms with Crippen LogP contribution in [-0.4, -0.2) is 67.7 Å². The van der Waals surface area contributed by atoms with Crippen molar-refractivity contribution < 1.29 is 48.2 Å². The van der Waals surface area contributed by atoms with Crippen LogP contribution in [0.1, 0.15) is 27.0 Å². The molecule has 0 bridgehead atoms. The first kappa shape index (κ1) is 32.9. The summed E-state index contributed by atoms with van der Waals surface area (Å²) in [6.45, 7) is 0.266. The highest BCUT2D eigenvalue weighted by Gasteiger charge is 2.50. The SMILES string of the molecule is COc1cc(C(=O)O)cc(OC)c1O[C@@H]1O[C@H](CO)[C@@H](OCc2ccccc2)[C@H](OCc2ccccc2)[C@H]1OCc1ccccc1. The van der Waals surface area contributed by atoms with Crippen molar-refractivity contribution in [3.8, 4) is 17.2 Å². The van der Waals surface area contributed by atoms with Crippen LogP contribution in [0, 0.1) is 0 Å². The normalized spacial score (nSPS) is 21.0. The van der Waals surface area contributed by atoms with E-state index >= 15 is 0 Å². The Kier molecular flexibility index (Phi) is 11.6. The van der Waals surface area contributed by atoms with Gasteiger partial charge in [0.2, 0.25) is 12.0 Å². The quantitative estimate of drug-likeness (QED) is 0.180. The van der Waals surface area contributed by atoms with Crippen molar-refractivity contribution in [1.82, 2.24) is 0 Å². The van der Waals surface area contributed by atoms with Gasteiger partial charge in [0, 0.05) is 0 Å². The Hall–Kier alpha value is -4.45. The average molecular weight is 631 g/mol. The third-order valence-corrected chi connectivity index (χ3v) is 7.57. The monoisotopic (exact) mass is 630 g/mol. The van der Waals surface area contributed by atoms with Crippen molar-refractivity contribution >= 4 is 5.97 Å². The van der Waals surface area contributed by atoms with Crippen LogP contribution in [0.5, 0.6) is 17.2 Å². The van der Waals surface area contributed by atoms with Gasteiger partial charge >= 0.3 is 5.97 Å². The molecule has 2 N–H and O–H groups in total. The molecule has 5 atom stereocenters. The second-order valence-electron chi connectivity index (χ2n) is 10.6. The molecular formula is C36H38O10. The Morgan fingerprint density at radius 1 is 0.674 bits per heavy atom. The summed E-state index contributed by atoms with van der Waals surface area (Å²) >= 11 is 0. The van der Waals surface area contributed by atoms with E-state index in [1.165, 1.54) is 26.4 Å². The molecule has 1 heterocycles. The molecule has 1 fully saturated rings. The largest absolute Gasteiger partial charge is 0.493 e. The molecular weight excluding hydrogens is 592 g/mol. The second-order valence-corrected chi connectivity index (χ2v) is 10.6. The minimum atomic E-state index is -1.16. The molecule has 1 aliphatic heterocycles. The molecule has 1 aliphatic rings. The third-order valence-electron chi connectivity index (χ3n) is 7.57. The molecule has 0 radical (unpaired) electrons. The van der Waals surface area contributed by atoms with E-state index in [2.05, 4.69) is 0 Å². The molecule has 0 unspecified atom stereocenters. The summed E-state index contributed by atoms with van der Waals surface area (Å²) in [5.41, 5.74) is 2.74. The van der Waals surface area contributed by atoms with Gasteiger partial charge in [0.15, 0.2) is 11.5 Å². The van der Waals surface area contributed by atoms with Crippen molar-refractivity contribution in [2.24, 2.45) is 0 Å². The predicted molar refractivity (Wildman–Crippen MR) is 168 cm³/mol. The maximum Gasteiger partial charge on any atom is 0.335 e. The zero-order valence-corrected chi connectivity index (χ0v) is 25.7. The molecule has 10 heteroatoms. The molecule has 0 aliphatic carbocycles. The molecule has 46 heavy (non-hydrogen) atoms. The lowest BCUT2D eigenvalue weighted by Gasteiger charge is -2.45. The van der Waals surface area contributed by atoms with Crippen LogP contribution < -0.4 is 14.2 Å². The highest BCUT2D eigenvalue weighted by atomic mass is 16.7. The van der Waals surface area contributed by atoms with Crippen molar-refractivity contribution in [2.45, 2.75) is 50.5 Å². The summed E-state index contributed by atoms with van der Waals surface area (Å²) in [6.07, 6.45) is -4.45. The van der Waals surface area contributed by atoms with Crippen LogP contribution in [0.3, 0.4) is 0 Å². The molecule has 0 aromatic heterocycles. The number of hydrogen-bond donors (Lipinski definition) is 2. The Morgan fingerprint density at radius 3 is 1.52 bits per heavy atom. The zero-order chi connectivity index (χ0) is 32.3. The number of aliphatic hydroxyl groups is 1. The number of hydrogen-bond acceptors (Lipinski definition) is 9. The van der Waals surface area contributed by atoms with E-state index in [9.17, 15) is 15.0 Å². The molecule has 4 aromatic rings. The van der Waals surface area contributed by atoms with Gasteiger partial charge in [-0.1, -0.05) is 91.0 Å². The number of rotatable bonds is 15. The van der Waals surface area contributed by atoms with Gasteiger partial charge in [0.05, 0.1) is 46.2 Å². The Morgan fingerprint density at radius 2 is 1.11 bits per heavy atom. The Balaban J connectivity index is 1.52. The highest BCUT2D eigenvalue weighted by molar-refractivity contribution is 5.89. The van der Waals surface area contributed by atoms with Gasteiger partial charge in [0.25, 0.3) is 0 Å². The smallest absolute Gasteiger partial charge is 0.335 e. The summed E-state index contributed by atoms with van der Waals surface area (Å²) in [5, 5.41) is 20.2. The number of carboxylic acids is 1. The minimum Gasteiger partial charge on any atom is -0.493 e. The van der Waals surface area contributed by atoms with Crippen molar-refractivity contribution in [3.63, 3.8) is 0 Å². The van der Waals surface area contributed by atoms with Crippen molar-refractivity contribution in [2.75, 3.05) is 20.8 Å². The molecule has 0 spiro atoms. The molecule has 0 saturated carbocycles. The van der Waals surface area contributed by atoms with Crippen LogP contribution in [0.2, 0.25) is 0 Å². The highest BCUT2D eigenvalue weighted by Crippen LogP contribution is 2.41. The topological polar surface area (TPSA) is 122 Å². The lowest BCUT2D eigenvalue weighted by Crippen LogP contribution is -2.62. The summed E-state index contributed by atoms with van der Waals surface area (Å²) in [4.78, 5) is 11.8. The lowest BCUT2D eigenvalue weighted by molar-refractivity contribution is -0.308. The van der Waals surface area contributed by atoms with Crippen LogP contribution in [0.25, 0.3) is 0 Å². The van der Waals surface area contributed by atoms with Gasteiger partial charge in [0.1, 0.15) is 24.4 Å². The van der Waals surface area contributed by atoms with Gasteiger partial charge in [-0.2, -0.15) is 0 Å². The van der Waals surface area contributed by atoms with Crippen LogP contribution in [0.15, 0.2) is 103 Å². The zero-order valence-electron chi connectivity index (χ0n) is 25.7. The Bertz CT molecular complexity index is 1490. The first-order valence-corrected chi connectivity index (χ1v) is 14.9. The van der Waals surface area contributed by atoms with Crippen LogP contribution >= 0.6 is 0 Å². The number of ether oxygens (including phenoxy) is 7. The second kappa shape index (κ2) is 16.2. The summed E-state index contributed by atoms with van der Waals surface area (Å²) in [7, 11) is 2.79. The van der Waals surface area contributed by atoms with Crippen LogP contribution in [0.4, 0.5) is 0 Å². The van der Waals surface area contributed by atoms with Gasteiger partial charge in [-0.25, -0.2) is 4.79 Å². The fourth-order valence-corrected chi connectivity index (χ4v) is 5.22. The van der Waals surface area contributed by atoms with Crippen LogP contribution in [-0.2, 0) is 38.8 Å². The van der Waals surface area contributed by atoms with E-state index in [-0.39, 0.29) is 42.6 Å². The fraction of sp³-hybridized carbons (Fsp3) is 0.306. The summed E-state index contributed by atoms with van der Waals surface area (Å²) in [6, 6.07) is 31.7. The number of carboxylic acid groups (broad SMARTS) is 1. The van der Waals surface area contributed by atoms with E-state index in [0.717, 1.165) is 16.7 Å². The lowest BCUT2D eigenvalue weighted by atomic mass is 9.97. The molecule has 0 amide bonds. The van der Waals surface area contributed by atoms with E-state index in [1.807, 2.05) is 91.0 Å². The van der Waals surface area contributed by atoms with E-state index < -0.39 is 43.3 Å². The maximum atomic E-state index is 11.8. The minimum absolute atomic E-state index is 0.0471. The fourth-order valence-electron chi connectivity index (χ4n) is 5.22. The van der Waals surface area contributed by atoms with Gasteiger partial charge in [-0.15, -0.1) is 0 Å². The number of aromatic carboxylic acids is 1. The number of methoxy groups -OCH3 is 2. The number of carbonyl (C=O) groups is 1. The molecule has 242 valence electrons. The summed E-state index contributed by atoms with van der Waals surface area (Å²) < 4.78 is 43.3. The van der Waals surface area contributed by atoms with E-state index in [1.54, 1.807) is 0 Å². The van der Waals surface area contributed by atoms with Gasteiger partial charge in [-0.3, -0.25) is 0 Å². The molecule has 1 saturated heterocycles. The molecule has 10 nitrogen and oxygen atoms in total.